The summed E-state index contributed by atoms with van der Waals surface area (Å²) in [7, 11) is 0. The van der Waals surface area contributed by atoms with E-state index in [2.05, 4.69) is 4.90 Å². The van der Waals surface area contributed by atoms with Crippen molar-refractivity contribution >= 4 is 5.69 Å². The molecule has 1 N–H and O–H groups in total. The second-order valence-electron chi connectivity index (χ2n) is 5.30. The van der Waals surface area contributed by atoms with E-state index in [-0.39, 0.29) is 16.7 Å². The highest BCUT2D eigenvalue weighted by molar-refractivity contribution is 5.32. The van der Waals surface area contributed by atoms with Crippen LogP contribution in [-0.2, 0) is 6.54 Å². The molecule has 0 spiro atoms. The lowest BCUT2D eigenvalue weighted by atomic mass is 9.93. The Hall–Kier alpha value is -1.46. The highest BCUT2D eigenvalue weighted by atomic mass is 16.6. The van der Waals surface area contributed by atoms with Crippen molar-refractivity contribution in [3.05, 3.63) is 39.9 Å². The maximum atomic E-state index is 10.6. The first-order valence-corrected chi connectivity index (χ1v) is 6.70. The second-order valence-corrected chi connectivity index (χ2v) is 5.30. The van der Waals surface area contributed by atoms with Crippen LogP contribution in [0.3, 0.4) is 0 Å². The van der Waals surface area contributed by atoms with E-state index in [1.807, 2.05) is 19.1 Å². The topological polar surface area (TPSA) is 66.6 Å². The Morgan fingerprint density at radius 1 is 1.47 bits per heavy atom. The molecule has 1 aromatic rings. The van der Waals surface area contributed by atoms with Crippen molar-refractivity contribution in [2.24, 2.45) is 5.92 Å². The third-order valence-corrected chi connectivity index (χ3v) is 3.78. The van der Waals surface area contributed by atoms with Gasteiger partial charge in [0.05, 0.1) is 11.0 Å². The predicted molar refractivity (Wildman–Crippen MR) is 72.8 cm³/mol. The molecular formula is C14H20N2O3. The predicted octanol–water partition coefficient (Wildman–Crippen LogP) is 2.19. The molecule has 5 heteroatoms. The molecule has 0 radical (unpaired) electrons. The van der Waals surface area contributed by atoms with Crippen molar-refractivity contribution in [2.75, 3.05) is 13.1 Å². The molecule has 0 aliphatic carbocycles. The minimum Gasteiger partial charge on any atom is -0.393 e. The number of nitro benzene ring substituents is 1. The fourth-order valence-electron chi connectivity index (χ4n) is 2.61. The van der Waals surface area contributed by atoms with E-state index in [0.29, 0.717) is 5.92 Å². The van der Waals surface area contributed by atoms with E-state index in [1.54, 1.807) is 12.1 Å². The molecule has 0 aromatic heterocycles. The molecule has 1 aromatic carbocycles. The zero-order valence-corrected chi connectivity index (χ0v) is 11.2. The van der Waals surface area contributed by atoms with Gasteiger partial charge in [0.2, 0.25) is 0 Å². The van der Waals surface area contributed by atoms with Gasteiger partial charge >= 0.3 is 0 Å². The van der Waals surface area contributed by atoms with E-state index in [0.717, 1.165) is 38.0 Å². The Balaban J connectivity index is 1.95. The number of piperidine rings is 1. The van der Waals surface area contributed by atoms with Gasteiger partial charge in [0, 0.05) is 25.2 Å². The van der Waals surface area contributed by atoms with Gasteiger partial charge < -0.3 is 5.11 Å². The Morgan fingerprint density at radius 3 is 2.74 bits per heavy atom. The van der Waals surface area contributed by atoms with Gasteiger partial charge in [-0.05, 0) is 37.8 Å². The first kappa shape index (κ1) is 14.0. The monoisotopic (exact) mass is 264 g/mol. The number of non-ortho nitro benzene ring substituents is 1. The van der Waals surface area contributed by atoms with Crippen LogP contribution in [-0.4, -0.2) is 34.1 Å². The third-order valence-electron chi connectivity index (χ3n) is 3.78. The summed E-state index contributed by atoms with van der Waals surface area (Å²) in [5.74, 6) is 0.340. The van der Waals surface area contributed by atoms with Crippen molar-refractivity contribution in [1.82, 2.24) is 4.90 Å². The number of hydrogen-bond donors (Lipinski definition) is 1. The van der Waals surface area contributed by atoms with E-state index in [1.165, 1.54) is 0 Å². The number of aliphatic hydroxyl groups excluding tert-OH is 1. The van der Waals surface area contributed by atoms with E-state index < -0.39 is 0 Å². The summed E-state index contributed by atoms with van der Waals surface area (Å²) < 4.78 is 0. The normalized spacial score (nSPS) is 22.1. The first-order chi connectivity index (χ1) is 9.06. The second kappa shape index (κ2) is 6.12. The van der Waals surface area contributed by atoms with Gasteiger partial charge in [0.25, 0.3) is 5.69 Å². The fourth-order valence-corrected chi connectivity index (χ4v) is 2.61. The lowest BCUT2D eigenvalue weighted by molar-refractivity contribution is -0.384. The third kappa shape index (κ3) is 3.75. The molecule has 2 unspecified atom stereocenters. The Kier molecular flexibility index (Phi) is 4.50. The number of likely N-dealkylation sites (tertiary alicyclic amines) is 1. The van der Waals surface area contributed by atoms with Crippen LogP contribution < -0.4 is 0 Å². The van der Waals surface area contributed by atoms with Crippen LogP contribution in [0, 0.1) is 16.0 Å². The lowest BCUT2D eigenvalue weighted by Crippen LogP contribution is -2.38. The fraction of sp³-hybridized carbons (Fsp3) is 0.571. The Labute approximate surface area is 113 Å². The summed E-state index contributed by atoms with van der Waals surface area (Å²) in [6.45, 7) is 4.57. The summed E-state index contributed by atoms with van der Waals surface area (Å²) in [4.78, 5) is 12.5. The molecule has 2 rings (SSSR count). The summed E-state index contributed by atoms with van der Waals surface area (Å²) >= 11 is 0. The highest BCUT2D eigenvalue weighted by Gasteiger charge is 2.23. The van der Waals surface area contributed by atoms with Crippen molar-refractivity contribution < 1.29 is 10.0 Å². The van der Waals surface area contributed by atoms with Crippen LogP contribution in [0.2, 0.25) is 0 Å². The molecule has 104 valence electrons. The SMILES string of the molecule is CC(O)C1CCCN(Cc2ccc([N+](=O)[O-])cc2)C1. The van der Waals surface area contributed by atoms with E-state index >= 15 is 0 Å². The van der Waals surface area contributed by atoms with Crippen LogP contribution in [0.25, 0.3) is 0 Å². The average molecular weight is 264 g/mol. The molecule has 19 heavy (non-hydrogen) atoms. The number of aliphatic hydroxyl groups is 1. The minimum atomic E-state index is -0.381. The largest absolute Gasteiger partial charge is 0.393 e. The molecule has 0 saturated carbocycles. The summed E-state index contributed by atoms with van der Waals surface area (Å²) in [5.41, 5.74) is 1.21. The van der Waals surface area contributed by atoms with E-state index in [9.17, 15) is 15.2 Å². The van der Waals surface area contributed by atoms with Crippen LogP contribution >= 0.6 is 0 Å². The van der Waals surface area contributed by atoms with Gasteiger partial charge in [-0.1, -0.05) is 12.1 Å². The van der Waals surface area contributed by atoms with Gasteiger partial charge in [-0.2, -0.15) is 0 Å². The van der Waals surface area contributed by atoms with Gasteiger partial charge in [0.1, 0.15) is 0 Å². The number of nitrogens with zero attached hydrogens (tertiary/aromatic N) is 2. The molecule has 0 bridgehead atoms. The Morgan fingerprint density at radius 2 is 2.16 bits per heavy atom. The minimum absolute atomic E-state index is 0.129. The number of rotatable bonds is 4. The molecule has 5 nitrogen and oxygen atoms in total. The van der Waals surface area contributed by atoms with Gasteiger partial charge in [-0.25, -0.2) is 0 Å². The zero-order chi connectivity index (χ0) is 13.8. The Bertz CT molecular complexity index is 431. The van der Waals surface area contributed by atoms with Crippen LogP contribution in [0.1, 0.15) is 25.3 Å². The van der Waals surface area contributed by atoms with Crippen molar-refractivity contribution in [1.29, 1.82) is 0 Å². The van der Waals surface area contributed by atoms with Gasteiger partial charge in [-0.3, -0.25) is 15.0 Å². The van der Waals surface area contributed by atoms with Crippen molar-refractivity contribution in [2.45, 2.75) is 32.4 Å². The lowest BCUT2D eigenvalue weighted by Gasteiger charge is -2.34. The molecule has 0 amide bonds. The zero-order valence-electron chi connectivity index (χ0n) is 11.2. The number of nitro groups is 1. The van der Waals surface area contributed by atoms with Crippen LogP contribution in [0.5, 0.6) is 0 Å². The van der Waals surface area contributed by atoms with E-state index in [4.69, 9.17) is 0 Å². The molecule has 1 aliphatic rings. The summed E-state index contributed by atoms with van der Waals surface area (Å²) in [6.07, 6.45) is 1.91. The van der Waals surface area contributed by atoms with Gasteiger partial charge in [-0.15, -0.1) is 0 Å². The van der Waals surface area contributed by atoms with Crippen LogP contribution in [0.15, 0.2) is 24.3 Å². The highest BCUT2D eigenvalue weighted by Crippen LogP contribution is 2.22. The average Bonchev–Trinajstić information content (AvgIpc) is 2.39. The smallest absolute Gasteiger partial charge is 0.269 e. The molecule has 2 atom stereocenters. The van der Waals surface area contributed by atoms with Crippen molar-refractivity contribution in [3.8, 4) is 0 Å². The number of hydrogen-bond acceptors (Lipinski definition) is 4. The molecule has 1 heterocycles. The van der Waals surface area contributed by atoms with Crippen LogP contribution in [0.4, 0.5) is 5.69 Å². The molecular weight excluding hydrogens is 244 g/mol. The number of benzene rings is 1. The van der Waals surface area contributed by atoms with Gasteiger partial charge in [0.15, 0.2) is 0 Å². The maximum Gasteiger partial charge on any atom is 0.269 e. The molecule has 1 aliphatic heterocycles. The molecule has 1 saturated heterocycles. The summed E-state index contributed by atoms with van der Waals surface area (Å²) in [6, 6.07) is 6.71. The molecule has 1 fully saturated rings. The standard InChI is InChI=1S/C14H20N2O3/c1-11(17)13-3-2-8-15(10-13)9-12-4-6-14(7-5-12)16(18)19/h4-7,11,13,17H,2-3,8-10H2,1H3. The quantitative estimate of drug-likeness (QED) is 0.668. The first-order valence-electron chi connectivity index (χ1n) is 6.70. The summed E-state index contributed by atoms with van der Waals surface area (Å²) in [5, 5.41) is 20.2. The maximum absolute atomic E-state index is 10.6. The van der Waals surface area contributed by atoms with Crippen molar-refractivity contribution in [3.63, 3.8) is 0 Å².